The largest absolute Gasteiger partial charge is 0.388 e. The van der Waals surface area contributed by atoms with Gasteiger partial charge in [0.2, 0.25) is 0 Å². The Kier molecular flexibility index (Phi) is 5.15. The molecule has 0 heterocycles. The Bertz CT molecular complexity index is 498. The molecule has 1 aromatic rings. The number of rotatable bonds is 4. The summed E-state index contributed by atoms with van der Waals surface area (Å²) in [6.07, 6.45) is 0.393. The molecule has 0 unspecified atom stereocenters. The number of carbonyl (C=O) groups is 2. The Morgan fingerprint density at radius 1 is 1.20 bits per heavy atom. The van der Waals surface area contributed by atoms with Gasteiger partial charge in [-0.3, -0.25) is 9.59 Å². The summed E-state index contributed by atoms with van der Waals surface area (Å²) in [7, 11) is 0. The molecule has 110 valence electrons. The molecule has 1 atom stereocenters. The van der Waals surface area contributed by atoms with Crippen LogP contribution in [0.4, 0.5) is 14.5 Å². The van der Waals surface area contributed by atoms with Gasteiger partial charge in [-0.15, -0.1) is 0 Å². The average Bonchev–Trinajstić information content (AvgIpc) is 2.34. The molecule has 0 spiro atoms. The van der Waals surface area contributed by atoms with E-state index in [1.807, 2.05) is 0 Å². The van der Waals surface area contributed by atoms with Crippen LogP contribution in [0, 0.1) is 11.6 Å². The van der Waals surface area contributed by atoms with Crippen molar-refractivity contribution in [3.05, 3.63) is 29.8 Å². The molecule has 0 bridgehead atoms. The van der Waals surface area contributed by atoms with E-state index in [4.69, 9.17) is 0 Å². The van der Waals surface area contributed by atoms with Gasteiger partial charge in [0.25, 0.3) is 0 Å². The van der Waals surface area contributed by atoms with Crippen molar-refractivity contribution in [2.45, 2.75) is 25.9 Å². The molecule has 0 aliphatic rings. The maximum absolute atomic E-state index is 12.9. The summed E-state index contributed by atoms with van der Waals surface area (Å²) in [5.41, 5.74) is -1.29. The van der Waals surface area contributed by atoms with Crippen LogP contribution >= 0.6 is 0 Å². The molecule has 0 aliphatic carbocycles. The van der Waals surface area contributed by atoms with E-state index in [0.717, 1.165) is 12.1 Å². The Labute approximate surface area is 115 Å². The average molecular weight is 286 g/mol. The van der Waals surface area contributed by atoms with Gasteiger partial charge in [-0.2, -0.15) is 0 Å². The Morgan fingerprint density at radius 3 is 2.25 bits per heavy atom. The van der Waals surface area contributed by atoms with Crippen LogP contribution in [0.15, 0.2) is 18.2 Å². The van der Waals surface area contributed by atoms with Gasteiger partial charge in [0.05, 0.1) is 5.60 Å². The van der Waals surface area contributed by atoms with Crippen molar-refractivity contribution < 1.29 is 23.5 Å². The Hall–Kier alpha value is -2.02. The highest BCUT2D eigenvalue weighted by molar-refractivity contribution is 6.39. The Balaban J connectivity index is 2.60. The van der Waals surface area contributed by atoms with Crippen LogP contribution in [0.5, 0.6) is 0 Å². The maximum atomic E-state index is 12.9. The lowest BCUT2D eigenvalue weighted by molar-refractivity contribution is -0.136. The minimum atomic E-state index is -1.12. The summed E-state index contributed by atoms with van der Waals surface area (Å²) in [4.78, 5) is 22.9. The first-order valence-corrected chi connectivity index (χ1v) is 6.01. The number of hydrogen-bond acceptors (Lipinski definition) is 3. The highest BCUT2D eigenvalue weighted by Crippen LogP contribution is 2.12. The van der Waals surface area contributed by atoms with Crippen molar-refractivity contribution in [1.82, 2.24) is 5.32 Å². The van der Waals surface area contributed by atoms with Gasteiger partial charge >= 0.3 is 11.8 Å². The van der Waals surface area contributed by atoms with E-state index in [9.17, 15) is 23.5 Å². The first-order chi connectivity index (χ1) is 9.23. The minimum absolute atomic E-state index is 0.104. The summed E-state index contributed by atoms with van der Waals surface area (Å²) >= 11 is 0. The molecule has 0 fully saturated rings. The van der Waals surface area contributed by atoms with Gasteiger partial charge in [0.1, 0.15) is 11.6 Å². The zero-order valence-electron chi connectivity index (χ0n) is 11.2. The second-order valence-corrected chi connectivity index (χ2v) is 4.65. The molecule has 0 saturated carbocycles. The second-order valence-electron chi connectivity index (χ2n) is 4.65. The van der Waals surface area contributed by atoms with Crippen molar-refractivity contribution in [2.75, 3.05) is 11.9 Å². The third kappa shape index (κ3) is 4.93. The molecule has 20 heavy (non-hydrogen) atoms. The smallest absolute Gasteiger partial charge is 0.313 e. The topological polar surface area (TPSA) is 78.4 Å². The van der Waals surface area contributed by atoms with Crippen molar-refractivity contribution in [3.63, 3.8) is 0 Å². The van der Waals surface area contributed by atoms with Gasteiger partial charge in [-0.25, -0.2) is 8.78 Å². The summed E-state index contributed by atoms with van der Waals surface area (Å²) in [5, 5.41) is 14.0. The highest BCUT2D eigenvalue weighted by Gasteiger charge is 2.21. The molecule has 1 rings (SSSR count). The van der Waals surface area contributed by atoms with Crippen LogP contribution < -0.4 is 10.6 Å². The van der Waals surface area contributed by atoms with E-state index >= 15 is 0 Å². The van der Waals surface area contributed by atoms with Crippen molar-refractivity contribution in [1.29, 1.82) is 0 Å². The number of anilines is 1. The third-order valence-corrected chi connectivity index (χ3v) is 2.72. The van der Waals surface area contributed by atoms with Gasteiger partial charge in [-0.1, -0.05) is 6.92 Å². The minimum Gasteiger partial charge on any atom is -0.388 e. The number of halogens is 2. The third-order valence-electron chi connectivity index (χ3n) is 2.72. The number of benzene rings is 1. The van der Waals surface area contributed by atoms with Crippen LogP contribution in [0.1, 0.15) is 20.3 Å². The zero-order chi connectivity index (χ0) is 15.3. The Morgan fingerprint density at radius 2 is 1.75 bits per heavy atom. The molecule has 0 aliphatic heterocycles. The number of nitrogens with one attached hydrogen (secondary N) is 2. The molecule has 5 nitrogen and oxygen atoms in total. The fourth-order valence-electron chi connectivity index (χ4n) is 1.29. The monoisotopic (exact) mass is 286 g/mol. The predicted octanol–water partition coefficient (Wildman–Crippen LogP) is 1.18. The summed E-state index contributed by atoms with van der Waals surface area (Å²) < 4.78 is 25.8. The second kappa shape index (κ2) is 6.42. The molecular weight excluding hydrogens is 270 g/mol. The fourth-order valence-corrected chi connectivity index (χ4v) is 1.29. The lowest BCUT2D eigenvalue weighted by atomic mass is 10.0. The van der Waals surface area contributed by atoms with Crippen LogP contribution in [0.2, 0.25) is 0 Å². The number of amides is 2. The SMILES string of the molecule is CC[C@](C)(O)CNC(=O)C(=O)Nc1cc(F)cc(F)c1. The predicted molar refractivity (Wildman–Crippen MR) is 68.9 cm³/mol. The molecule has 2 amide bonds. The zero-order valence-corrected chi connectivity index (χ0v) is 11.2. The fraction of sp³-hybridized carbons (Fsp3) is 0.385. The number of carbonyl (C=O) groups excluding carboxylic acids is 2. The molecule has 0 saturated heterocycles. The summed E-state index contributed by atoms with van der Waals surface area (Å²) in [5.74, 6) is -3.80. The van der Waals surface area contributed by atoms with Gasteiger partial charge in [0.15, 0.2) is 0 Å². The van der Waals surface area contributed by atoms with E-state index in [0.29, 0.717) is 12.5 Å². The van der Waals surface area contributed by atoms with Crippen LogP contribution in [-0.4, -0.2) is 29.1 Å². The standard InChI is InChI=1S/C13H16F2N2O3/c1-3-13(2,20)7-16-11(18)12(19)17-10-5-8(14)4-9(15)6-10/h4-6,20H,3,7H2,1-2H3,(H,16,18)(H,17,19)/t13-/m0/s1. The van der Waals surface area contributed by atoms with Gasteiger partial charge < -0.3 is 15.7 Å². The quantitative estimate of drug-likeness (QED) is 0.727. The molecule has 3 N–H and O–H groups in total. The lowest BCUT2D eigenvalue weighted by Gasteiger charge is -2.21. The van der Waals surface area contributed by atoms with E-state index in [-0.39, 0.29) is 12.2 Å². The van der Waals surface area contributed by atoms with E-state index in [1.165, 1.54) is 6.92 Å². The summed E-state index contributed by atoms with van der Waals surface area (Å²) in [6.45, 7) is 3.13. The first-order valence-electron chi connectivity index (χ1n) is 6.01. The molecule has 0 aromatic heterocycles. The van der Waals surface area contributed by atoms with Crippen LogP contribution in [-0.2, 0) is 9.59 Å². The van der Waals surface area contributed by atoms with E-state index in [2.05, 4.69) is 10.6 Å². The maximum Gasteiger partial charge on any atom is 0.313 e. The molecular formula is C13H16F2N2O3. The molecule has 1 aromatic carbocycles. The van der Waals surface area contributed by atoms with Crippen molar-refractivity contribution in [3.8, 4) is 0 Å². The van der Waals surface area contributed by atoms with Gasteiger partial charge in [0, 0.05) is 18.3 Å². The van der Waals surface area contributed by atoms with E-state index < -0.39 is 29.0 Å². The highest BCUT2D eigenvalue weighted by atomic mass is 19.1. The number of hydrogen-bond donors (Lipinski definition) is 3. The normalized spacial score (nSPS) is 13.4. The van der Waals surface area contributed by atoms with Crippen molar-refractivity contribution >= 4 is 17.5 Å². The van der Waals surface area contributed by atoms with Crippen LogP contribution in [0.25, 0.3) is 0 Å². The van der Waals surface area contributed by atoms with Crippen molar-refractivity contribution in [2.24, 2.45) is 0 Å². The first kappa shape index (κ1) is 16.0. The summed E-state index contributed by atoms with van der Waals surface area (Å²) in [6, 6.07) is 2.42. The molecule has 7 heteroatoms. The number of aliphatic hydroxyl groups is 1. The van der Waals surface area contributed by atoms with E-state index in [1.54, 1.807) is 6.92 Å². The van der Waals surface area contributed by atoms with Crippen LogP contribution in [0.3, 0.4) is 0 Å². The molecule has 0 radical (unpaired) electrons. The van der Waals surface area contributed by atoms with Gasteiger partial charge in [-0.05, 0) is 25.5 Å². The lowest BCUT2D eigenvalue weighted by Crippen LogP contribution is -2.44.